The van der Waals surface area contributed by atoms with E-state index in [4.69, 9.17) is 4.98 Å². The van der Waals surface area contributed by atoms with Crippen LogP contribution in [0, 0.1) is 23.2 Å². The largest absolute Gasteiger partial charge is 0.392 e. The van der Waals surface area contributed by atoms with Gasteiger partial charge in [-0.3, -0.25) is 14.9 Å². The van der Waals surface area contributed by atoms with Gasteiger partial charge in [0.15, 0.2) is 5.13 Å². The SMILES string of the molecule is C[C@H](C(=O)N1CCSCC1)[C@H]1CC[C@]2(C)Cc3sc(NC(=O)c4cccn4C)nc3[C@H](C)[C@@H]2[C@H]1O. The van der Waals surface area contributed by atoms with Crippen LogP contribution in [0.2, 0.25) is 0 Å². The first-order valence-electron chi connectivity index (χ1n) is 12.7. The maximum atomic E-state index is 13.2. The van der Waals surface area contributed by atoms with Gasteiger partial charge < -0.3 is 14.6 Å². The van der Waals surface area contributed by atoms with Gasteiger partial charge in [0.1, 0.15) is 5.69 Å². The highest BCUT2D eigenvalue weighted by Crippen LogP contribution is 2.57. The number of nitrogens with one attached hydrogen (secondary N) is 1. The lowest BCUT2D eigenvalue weighted by Crippen LogP contribution is -2.54. The molecule has 1 saturated carbocycles. The van der Waals surface area contributed by atoms with Gasteiger partial charge in [0.2, 0.25) is 5.91 Å². The van der Waals surface area contributed by atoms with E-state index >= 15 is 0 Å². The molecule has 7 nitrogen and oxygen atoms in total. The summed E-state index contributed by atoms with van der Waals surface area (Å²) in [6.45, 7) is 8.08. The molecule has 0 radical (unpaired) electrons. The number of hydrogen-bond donors (Lipinski definition) is 2. The van der Waals surface area contributed by atoms with E-state index in [1.165, 1.54) is 4.88 Å². The van der Waals surface area contributed by atoms with Gasteiger partial charge in [-0.1, -0.05) is 20.8 Å². The fraction of sp³-hybridized carbons (Fsp3) is 0.654. The van der Waals surface area contributed by atoms with E-state index in [0.717, 1.165) is 49.6 Å². The minimum atomic E-state index is -0.543. The van der Waals surface area contributed by atoms with Gasteiger partial charge in [-0.25, -0.2) is 4.98 Å². The summed E-state index contributed by atoms with van der Waals surface area (Å²) < 4.78 is 1.79. The summed E-state index contributed by atoms with van der Waals surface area (Å²) in [6.07, 6.45) is 4.01. The number of carbonyl (C=O) groups excluding carboxylic acids is 2. The molecule has 2 amide bonds. The van der Waals surface area contributed by atoms with Gasteiger partial charge in [0.25, 0.3) is 5.91 Å². The number of thiazole rings is 1. The molecule has 2 aliphatic carbocycles. The molecule has 0 unspecified atom stereocenters. The summed E-state index contributed by atoms with van der Waals surface area (Å²) in [5, 5.41) is 15.3. The zero-order valence-electron chi connectivity index (χ0n) is 21.0. The van der Waals surface area contributed by atoms with Crippen molar-refractivity contribution in [2.75, 3.05) is 29.9 Å². The van der Waals surface area contributed by atoms with Gasteiger partial charge in [-0.2, -0.15) is 11.8 Å². The summed E-state index contributed by atoms with van der Waals surface area (Å²) >= 11 is 3.46. The van der Waals surface area contributed by atoms with Crippen molar-refractivity contribution in [1.29, 1.82) is 0 Å². The Bertz CT molecular complexity index is 1110. The molecule has 0 aromatic carbocycles. The predicted octanol–water partition coefficient (Wildman–Crippen LogP) is 4.00. The highest BCUT2D eigenvalue weighted by Gasteiger charge is 2.54. The molecule has 35 heavy (non-hydrogen) atoms. The van der Waals surface area contributed by atoms with Crippen molar-refractivity contribution in [2.24, 2.45) is 30.2 Å². The maximum absolute atomic E-state index is 13.2. The normalized spacial score (nSPS) is 31.4. The van der Waals surface area contributed by atoms with E-state index in [-0.39, 0.29) is 40.9 Å². The molecular weight excluding hydrogens is 480 g/mol. The molecular formula is C26H36N4O3S2. The van der Waals surface area contributed by atoms with Crippen LogP contribution in [0.25, 0.3) is 0 Å². The number of nitrogens with zero attached hydrogens (tertiary/aromatic N) is 3. The van der Waals surface area contributed by atoms with Crippen LogP contribution in [0.4, 0.5) is 5.13 Å². The average molecular weight is 517 g/mol. The summed E-state index contributed by atoms with van der Waals surface area (Å²) in [5.74, 6) is 1.92. The van der Waals surface area contributed by atoms with Crippen molar-refractivity contribution in [1.82, 2.24) is 14.5 Å². The van der Waals surface area contributed by atoms with Gasteiger partial charge in [-0.05, 0) is 48.6 Å². The minimum absolute atomic E-state index is 0.0331. The highest BCUT2D eigenvalue weighted by atomic mass is 32.2. The lowest BCUT2D eigenvalue weighted by Gasteiger charge is -2.53. The smallest absolute Gasteiger partial charge is 0.274 e. The first kappa shape index (κ1) is 24.8. The molecule has 2 aromatic heterocycles. The second-order valence-corrected chi connectivity index (χ2v) is 13.2. The van der Waals surface area contributed by atoms with Crippen molar-refractivity contribution in [2.45, 2.75) is 52.1 Å². The van der Waals surface area contributed by atoms with Crippen LogP contribution in [-0.4, -0.2) is 62.1 Å². The number of aliphatic hydroxyl groups excluding tert-OH is 1. The summed E-state index contributed by atoms with van der Waals surface area (Å²) in [5.41, 5.74) is 1.54. The van der Waals surface area contributed by atoms with Gasteiger partial charge >= 0.3 is 0 Å². The van der Waals surface area contributed by atoms with Gasteiger partial charge in [0.05, 0.1) is 11.8 Å². The molecule has 0 spiro atoms. The van der Waals surface area contributed by atoms with Crippen LogP contribution in [0.15, 0.2) is 18.3 Å². The lowest BCUT2D eigenvalue weighted by atomic mass is 9.53. The van der Waals surface area contributed by atoms with E-state index < -0.39 is 6.10 Å². The third-order valence-corrected chi connectivity index (χ3v) is 10.6. The number of fused-ring (bicyclic) bond motifs is 2. The Hall–Kier alpha value is -1.84. The Labute approximate surface area is 215 Å². The number of aryl methyl sites for hydroxylation is 1. The molecule has 5 rings (SSSR count). The van der Waals surface area contributed by atoms with E-state index in [1.54, 1.807) is 22.0 Å². The number of aromatic nitrogens is 2. The monoisotopic (exact) mass is 516 g/mol. The molecule has 2 aromatic rings. The lowest BCUT2D eigenvalue weighted by molar-refractivity contribution is -0.144. The van der Waals surface area contributed by atoms with E-state index in [2.05, 4.69) is 19.2 Å². The van der Waals surface area contributed by atoms with Crippen molar-refractivity contribution in [3.8, 4) is 0 Å². The fourth-order valence-corrected chi connectivity index (χ4v) is 8.88. The molecule has 6 atom stereocenters. The summed E-state index contributed by atoms with van der Waals surface area (Å²) in [6, 6.07) is 3.64. The Kier molecular flexibility index (Phi) is 6.78. The molecule has 0 bridgehead atoms. The molecule has 190 valence electrons. The average Bonchev–Trinajstić information content (AvgIpc) is 3.44. The zero-order valence-corrected chi connectivity index (χ0v) is 22.6. The van der Waals surface area contributed by atoms with Crippen molar-refractivity contribution in [3.05, 3.63) is 34.6 Å². The van der Waals surface area contributed by atoms with Crippen LogP contribution in [0.3, 0.4) is 0 Å². The molecule has 2 N–H and O–H groups in total. The zero-order chi connectivity index (χ0) is 24.9. The number of anilines is 1. The topological polar surface area (TPSA) is 87.5 Å². The van der Waals surface area contributed by atoms with Crippen LogP contribution < -0.4 is 5.32 Å². The molecule has 1 aliphatic heterocycles. The standard InChI is InChI=1S/C26H36N4O3S2/c1-15(24(33)30-10-12-34-13-11-30)17-7-8-26(3)14-19-21(16(2)20(26)22(17)31)27-25(35-19)28-23(32)18-6-5-9-29(18)4/h5-6,9,15-17,20,22,31H,7-8,10-14H2,1-4H3,(H,27,28,32)/t15-,16+,17+,20+,22-,26+/m0/s1. The molecule has 2 fully saturated rings. The second kappa shape index (κ2) is 9.56. The van der Waals surface area contributed by atoms with Gasteiger partial charge in [0, 0.05) is 54.6 Å². The fourth-order valence-electron chi connectivity index (χ4n) is 6.71. The van der Waals surface area contributed by atoms with Crippen molar-refractivity contribution >= 4 is 40.0 Å². The Morgan fingerprint density at radius 2 is 2.06 bits per heavy atom. The van der Waals surface area contributed by atoms with Gasteiger partial charge in [-0.15, -0.1) is 11.3 Å². The van der Waals surface area contributed by atoms with E-state index in [9.17, 15) is 14.7 Å². The Balaban J connectivity index is 1.34. The van der Waals surface area contributed by atoms with E-state index in [1.807, 2.05) is 42.9 Å². The molecule has 1 saturated heterocycles. The van der Waals surface area contributed by atoms with E-state index in [0.29, 0.717) is 10.8 Å². The van der Waals surface area contributed by atoms with Crippen LogP contribution in [-0.2, 0) is 18.3 Å². The number of hydrogen-bond acceptors (Lipinski definition) is 6. The minimum Gasteiger partial charge on any atom is -0.392 e. The Morgan fingerprint density at radius 3 is 2.74 bits per heavy atom. The van der Waals surface area contributed by atoms with Crippen molar-refractivity contribution in [3.63, 3.8) is 0 Å². The van der Waals surface area contributed by atoms with Crippen LogP contribution in [0.5, 0.6) is 0 Å². The molecule has 3 heterocycles. The number of rotatable bonds is 4. The summed E-state index contributed by atoms with van der Waals surface area (Å²) in [7, 11) is 1.85. The van der Waals surface area contributed by atoms with Crippen LogP contribution >= 0.6 is 23.1 Å². The third-order valence-electron chi connectivity index (χ3n) is 8.67. The first-order chi connectivity index (χ1) is 16.7. The first-order valence-corrected chi connectivity index (χ1v) is 14.6. The predicted molar refractivity (Wildman–Crippen MR) is 141 cm³/mol. The number of thioether (sulfide) groups is 1. The third kappa shape index (κ3) is 4.44. The maximum Gasteiger partial charge on any atom is 0.274 e. The summed E-state index contributed by atoms with van der Waals surface area (Å²) in [4.78, 5) is 34.0. The number of amides is 2. The second-order valence-electron chi connectivity index (χ2n) is 10.9. The highest BCUT2D eigenvalue weighted by molar-refractivity contribution is 7.99. The Morgan fingerprint density at radius 1 is 1.31 bits per heavy atom. The van der Waals surface area contributed by atoms with Crippen molar-refractivity contribution < 1.29 is 14.7 Å². The number of carbonyl (C=O) groups is 2. The quantitative estimate of drug-likeness (QED) is 0.642. The number of aliphatic hydroxyl groups is 1. The molecule has 3 aliphatic rings. The van der Waals surface area contributed by atoms with Crippen LogP contribution in [0.1, 0.15) is 60.6 Å². The molecule has 9 heteroatoms.